The lowest BCUT2D eigenvalue weighted by molar-refractivity contribution is -0.141. The molecule has 4 N–H and O–H groups in total. The van der Waals surface area contributed by atoms with Gasteiger partial charge >= 0.3 is 0 Å². The molecule has 1 aliphatic carbocycles. The molecule has 0 radical (unpaired) electrons. The van der Waals surface area contributed by atoms with Crippen molar-refractivity contribution in [1.29, 1.82) is 0 Å². The summed E-state index contributed by atoms with van der Waals surface area (Å²) in [6.07, 6.45) is 6.81. The molecule has 11 nitrogen and oxygen atoms in total. The summed E-state index contributed by atoms with van der Waals surface area (Å²) in [5.74, 6) is -2.86. The molecule has 2 aliphatic rings. The molecule has 48 heavy (non-hydrogen) atoms. The van der Waals surface area contributed by atoms with Crippen LogP contribution in [-0.2, 0) is 25.6 Å². The Morgan fingerprint density at radius 1 is 0.792 bits per heavy atom. The second-order valence-electron chi connectivity index (χ2n) is 13.2. The Balaban J connectivity index is 1.39. The normalized spacial score (nSPS) is 17.4. The monoisotopic (exact) mass is 660 g/mol. The first-order valence-corrected chi connectivity index (χ1v) is 17.5. The van der Waals surface area contributed by atoms with Crippen LogP contribution in [0, 0.1) is 0 Å². The van der Waals surface area contributed by atoms with Crippen LogP contribution in [0.15, 0.2) is 54.6 Å². The number of Topliss-reactive ketones (excluding diaryl/α,β-unsaturated/α-hetero) is 1. The number of unbranched alkanes of at least 4 members (excludes halogenated alkanes) is 1. The SMILES string of the molecule is CCCC[C@H](NC(=O)[C@H](C)NC(=O)[C@@H](Cc1ccccc1)NC(=O)c1ccc(N2CCN(C)CC2)cc1)C(=O)C(=O)NC1CCCCC1. The summed E-state index contributed by atoms with van der Waals surface area (Å²) in [6.45, 7) is 7.26. The summed E-state index contributed by atoms with van der Waals surface area (Å²) in [5.41, 5.74) is 2.31. The lowest BCUT2D eigenvalue weighted by Crippen LogP contribution is -2.56. The maximum Gasteiger partial charge on any atom is 0.289 e. The van der Waals surface area contributed by atoms with Gasteiger partial charge in [0.05, 0.1) is 6.04 Å². The predicted molar refractivity (Wildman–Crippen MR) is 187 cm³/mol. The lowest BCUT2D eigenvalue weighted by Gasteiger charge is -2.34. The highest BCUT2D eigenvalue weighted by Crippen LogP contribution is 2.19. The molecule has 2 fully saturated rings. The number of carbonyl (C=O) groups is 5. The molecule has 4 amide bonds. The first-order chi connectivity index (χ1) is 23.1. The summed E-state index contributed by atoms with van der Waals surface area (Å²) >= 11 is 0. The average Bonchev–Trinajstić information content (AvgIpc) is 3.10. The van der Waals surface area contributed by atoms with Crippen molar-refractivity contribution >= 4 is 35.1 Å². The molecule has 2 aromatic carbocycles. The van der Waals surface area contributed by atoms with Gasteiger partial charge in [-0.25, -0.2) is 0 Å². The van der Waals surface area contributed by atoms with Gasteiger partial charge in [0.2, 0.25) is 17.6 Å². The summed E-state index contributed by atoms with van der Waals surface area (Å²) in [7, 11) is 2.10. The average molecular weight is 661 g/mol. The minimum atomic E-state index is -1.02. The zero-order valence-corrected chi connectivity index (χ0v) is 28.6. The summed E-state index contributed by atoms with van der Waals surface area (Å²) in [5, 5.41) is 11.1. The van der Waals surface area contributed by atoms with E-state index in [-0.39, 0.29) is 12.5 Å². The van der Waals surface area contributed by atoms with Crippen molar-refractivity contribution in [2.45, 2.75) is 95.8 Å². The highest BCUT2D eigenvalue weighted by Gasteiger charge is 2.31. The largest absolute Gasteiger partial charge is 0.369 e. The van der Waals surface area contributed by atoms with Crippen molar-refractivity contribution in [2.24, 2.45) is 0 Å². The fourth-order valence-corrected chi connectivity index (χ4v) is 6.20. The molecule has 3 atom stereocenters. The predicted octanol–water partition coefficient (Wildman–Crippen LogP) is 2.98. The first kappa shape index (κ1) is 36.6. The highest BCUT2D eigenvalue weighted by atomic mass is 16.2. The molecule has 0 unspecified atom stereocenters. The van der Waals surface area contributed by atoms with E-state index < -0.39 is 47.5 Å². The van der Waals surface area contributed by atoms with Crippen LogP contribution in [0.4, 0.5) is 5.69 Å². The number of rotatable bonds is 15. The molecule has 0 bridgehead atoms. The van der Waals surface area contributed by atoms with Gasteiger partial charge in [-0.05, 0) is 63.1 Å². The van der Waals surface area contributed by atoms with E-state index in [0.29, 0.717) is 18.4 Å². The van der Waals surface area contributed by atoms with Gasteiger partial charge in [-0.3, -0.25) is 24.0 Å². The fraction of sp³-hybridized carbons (Fsp3) is 0.541. The molecule has 0 aromatic heterocycles. The van der Waals surface area contributed by atoms with Crippen LogP contribution >= 0.6 is 0 Å². The molecule has 4 rings (SSSR count). The quantitative estimate of drug-likeness (QED) is 0.216. The number of likely N-dealkylation sites (N-methyl/N-ethyl adjacent to an activating group) is 1. The third kappa shape index (κ3) is 10.9. The molecular weight excluding hydrogens is 608 g/mol. The lowest BCUT2D eigenvalue weighted by atomic mass is 9.95. The fourth-order valence-electron chi connectivity index (χ4n) is 6.20. The third-order valence-electron chi connectivity index (χ3n) is 9.30. The number of nitrogens with zero attached hydrogens (tertiary/aromatic N) is 2. The van der Waals surface area contributed by atoms with Crippen LogP contribution in [0.2, 0.25) is 0 Å². The Bertz CT molecular complexity index is 1370. The summed E-state index contributed by atoms with van der Waals surface area (Å²) in [6, 6.07) is 13.7. The Hall–Kier alpha value is -4.25. The molecule has 0 spiro atoms. The standard InChI is InChI=1S/C37H52N6O5/c1-4-5-16-31(33(44)37(48)39-29-14-10-7-11-15-29)40-34(45)26(2)38-36(47)32(25-27-12-8-6-9-13-27)41-35(46)28-17-19-30(20-18-28)43-23-21-42(3)22-24-43/h6,8-9,12-13,17-20,26,29,31-32H,4-5,7,10-11,14-16,21-25H2,1-3H3,(H,38,47)(H,39,48)(H,40,45)(H,41,46)/t26-,31-,32+/m0/s1. The van der Waals surface area contributed by atoms with Gasteiger partial charge in [-0.2, -0.15) is 0 Å². The number of amides is 4. The molecule has 260 valence electrons. The summed E-state index contributed by atoms with van der Waals surface area (Å²) in [4.78, 5) is 70.7. The number of hydrogen-bond donors (Lipinski definition) is 4. The Labute approximate surface area is 284 Å². The molecule has 1 heterocycles. The number of anilines is 1. The number of hydrogen-bond acceptors (Lipinski definition) is 7. The molecule has 1 saturated heterocycles. The van der Waals surface area contributed by atoms with E-state index in [0.717, 1.165) is 76.0 Å². The topological polar surface area (TPSA) is 140 Å². The minimum absolute atomic E-state index is 0.0254. The van der Waals surface area contributed by atoms with Crippen LogP contribution in [0.3, 0.4) is 0 Å². The van der Waals surface area contributed by atoms with E-state index in [4.69, 9.17) is 0 Å². The van der Waals surface area contributed by atoms with Gasteiger partial charge in [0.1, 0.15) is 12.1 Å². The van der Waals surface area contributed by atoms with E-state index in [9.17, 15) is 24.0 Å². The van der Waals surface area contributed by atoms with Gasteiger partial charge in [0.25, 0.3) is 11.8 Å². The van der Waals surface area contributed by atoms with E-state index in [1.54, 1.807) is 12.1 Å². The molecule has 2 aromatic rings. The molecule has 1 aliphatic heterocycles. The van der Waals surface area contributed by atoms with Crippen molar-refractivity contribution < 1.29 is 24.0 Å². The second kappa shape index (κ2) is 18.3. The van der Waals surface area contributed by atoms with Crippen LogP contribution < -0.4 is 26.2 Å². The number of nitrogens with one attached hydrogen (secondary N) is 4. The Morgan fingerprint density at radius 2 is 1.46 bits per heavy atom. The first-order valence-electron chi connectivity index (χ1n) is 17.5. The molecule has 1 saturated carbocycles. The maximum absolute atomic E-state index is 13.6. The Morgan fingerprint density at radius 3 is 2.10 bits per heavy atom. The van der Waals surface area contributed by atoms with Gasteiger partial charge in [0.15, 0.2) is 0 Å². The van der Waals surface area contributed by atoms with E-state index in [1.165, 1.54) is 6.92 Å². The van der Waals surface area contributed by atoms with Crippen molar-refractivity contribution in [1.82, 2.24) is 26.2 Å². The van der Waals surface area contributed by atoms with Crippen LogP contribution in [0.25, 0.3) is 0 Å². The third-order valence-corrected chi connectivity index (χ3v) is 9.30. The minimum Gasteiger partial charge on any atom is -0.369 e. The summed E-state index contributed by atoms with van der Waals surface area (Å²) < 4.78 is 0. The van der Waals surface area contributed by atoms with E-state index >= 15 is 0 Å². The zero-order valence-electron chi connectivity index (χ0n) is 28.6. The number of ketones is 1. The van der Waals surface area contributed by atoms with Crippen molar-refractivity contribution in [3.05, 3.63) is 65.7 Å². The van der Waals surface area contributed by atoms with Gasteiger partial charge < -0.3 is 31.1 Å². The van der Waals surface area contributed by atoms with Crippen molar-refractivity contribution in [3.8, 4) is 0 Å². The van der Waals surface area contributed by atoms with Crippen LogP contribution in [0.5, 0.6) is 0 Å². The van der Waals surface area contributed by atoms with Gasteiger partial charge in [-0.15, -0.1) is 0 Å². The maximum atomic E-state index is 13.6. The smallest absolute Gasteiger partial charge is 0.289 e. The second-order valence-corrected chi connectivity index (χ2v) is 13.2. The molecule has 11 heteroatoms. The zero-order chi connectivity index (χ0) is 34.5. The van der Waals surface area contributed by atoms with Gasteiger partial charge in [-0.1, -0.05) is 69.4 Å². The molecular formula is C37H52N6O5. The highest BCUT2D eigenvalue weighted by molar-refractivity contribution is 6.38. The number of piperazine rings is 1. The van der Waals surface area contributed by atoms with Crippen molar-refractivity contribution in [2.75, 3.05) is 38.1 Å². The van der Waals surface area contributed by atoms with Crippen LogP contribution in [0.1, 0.15) is 81.1 Å². The van der Waals surface area contributed by atoms with Crippen LogP contribution in [-0.4, -0.2) is 91.7 Å². The van der Waals surface area contributed by atoms with Crippen molar-refractivity contribution in [3.63, 3.8) is 0 Å². The van der Waals surface area contributed by atoms with E-state index in [1.807, 2.05) is 49.4 Å². The van der Waals surface area contributed by atoms with E-state index in [2.05, 4.69) is 38.1 Å². The Kier molecular flexibility index (Phi) is 14.0. The number of carbonyl (C=O) groups excluding carboxylic acids is 5. The number of benzene rings is 2. The van der Waals surface area contributed by atoms with Gasteiger partial charge in [0, 0.05) is 49.9 Å².